The van der Waals surface area contributed by atoms with Gasteiger partial charge in [0.2, 0.25) is 0 Å². The Morgan fingerprint density at radius 2 is 1.06 bits per heavy atom. The lowest BCUT2D eigenvalue weighted by molar-refractivity contribution is 0.195. The lowest BCUT2D eigenvalue weighted by Crippen LogP contribution is -1.93. The summed E-state index contributed by atoms with van der Waals surface area (Å²) in [5.41, 5.74) is 3.57. The third-order valence-corrected chi connectivity index (χ3v) is 4.55. The topological polar surface area (TPSA) is 66.4 Å². The fourth-order valence-electron chi connectivity index (χ4n) is 2.85. The molecule has 3 heterocycles. The molecule has 0 saturated heterocycles. The molecule has 6 heteroatoms. The van der Waals surface area contributed by atoms with Crippen LogP contribution in [0.5, 0.6) is 0 Å². The molecule has 0 amide bonds. The molecule has 0 fully saturated rings. The average molecular weight is 484 g/mol. The normalized spacial score (nSPS) is 9.51. The van der Waals surface area contributed by atoms with Crippen molar-refractivity contribution in [3.8, 4) is 0 Å². The standard InChI is InChI=1S/3C9H13NO.C2H6/c1-11-7-3-5-9-4-2-6-10-8-9;2*1-11-8-4-6-9-5-2-3-7-10-9;1-2/h2,4,6,8H,3,5,7H2,1H3;2*2-3,5,7H,4,6,8H2,1H3;1-2H3. The highest BCUT2D eigenvalue weighted by molar-refractivity contribution is 5.08. The van der Waals surface area contributed by atoms with Crippen LogP contribution >= 0.6 is 0 Å². The molecule has 0 N–H and O–H groups in total. The maximum atomic E-state index is 4.94. The first-order valence-electron chi connectivity index (χ1n) is 12.5. The average Bonchev–Trinajstić information content (AvgIpc) is 2.93. The molecule has 0 bridgehead atoms. The van der Waals surface area contributed by atoms with Gasteiger partial charge in [0.05, 0.1) is 0 Å². The second kappa shape index (κ2) is 25.9. The van der Waals surface area contributed by atoms with Gasteiger partial charge in [0.15, 0.2) is 0 Å². The van der Waals surface area contributed by atoms with Crippen molar-refractivity contribution >= 4 is 0 Å². The largest absolute Gasteiger partial charge is 0.385 e. The molecule has 3 aromatic rings. The predicted octanol–water partition coefficient (Wildman–Crippen LogP) is 6.01. The van der Waals surface area contributed by atoms with Crippen LogP contribution in [0.15, 0.2) is 73.3 Å². The van der Waals surface area contributed by atoms with Crippen LogP contribution in [0.25, 0.3) is 0 Å². The van der Waals surface area contributed by atoms with Gasteiger partial charge in [-0.25, -0.2) is 0 Å². The van der Waals surface area contributed by atoms with Crippen molar-refractivity contribution in [1.82, 2.24) is 15.0 Å². The Hall–Kier alpha value is -2.67. The number of aryl methyl sites for hydroxylation is 3. The number of nitrogens with zero attached hydrogens (tertiary/aromatic N) is 3. The van der Waals surface area contributed by atoms with Crippen molar-refractivity contribution in [1.29, 1.82) is 0 Å². The minimum absolute atomic E-state index is 0.816. The minimum Gasteiger partial charge on any atom is -0.385 e. The highest BCUT2D eigenvalue weighted by Crippen LogP contribution is 2.00. The van der Waals surface area contributed by atoms with E-state index in [0.717, 1.165) is 69.7 Å². The molecule has 0 unspecified atom stereocenters. The zero-order chi connectivity index (χ0) is 25.8. The summed E-state index contributed by atoms with van der Waals surface area (Å²) in [4.78, 5) is 12.4. The second-order valence-corrected chi connectivity index (χ2v) is 7.29. The van der Waals surface area contributed by atoms with Crippen LogP contribution in [0.3, 0.4) is 0 Å². The van der Waals surface area contributed by atoms with E-state index >= 15 is 0 Å². The zero-order valence-electron chi connectivity index (χ0n) is 22.4. The van der Waals surface area contributed by atoms with Gasteiger partial charge in [-0.15, -0.1) is 0 Å². The van der Waals surface area contributed by atoms with Crippen molar-refractivity contribution in [2.75, 3.05) is 41.2 Å². The molecular formula is C29H45N3O3. The first-order chi connectivity index (χ1) is 17.3. The molecule has 35 heavy (non-hydrogen) atoms. The number of pyridine rings is 3. The van der Waals surface area contributed by atoms with Crippen molar-refractivity contribution in [2.45, 2.75) is 52.4 Å². The highest BCUT2D eigenvalue weighted by Gasteiger charge is 1.92. The number of hydrogen-bond donors (Lipinski definition) is 0. The molecule has 0 aromatic carbocycles. The monoisotopic (exact) mass is 483 g/mol. The van der Waals surface area contributed by atoms with E-state index in [1.165, 1.54) is 5.56 Å². The van der Waals surface area contributed by atoms with E-state index < -0.39 is 0 Å². The van der Waals surface area contributed by atoms with Gasteiger partial charge in [-0.1, -0.05) is 32.0 Å². The summed E-state index contributed by atoms with van der Waals surface area (Å²) in [6.45, 7) is 6.46. The van der Waals surface area contributed by atoms with E-state index in [1.54, 1.807) is 27.5 Å². The Labute approximate surface area is 213 Å². The molecular weight excluding hydrogens is 438 g/mol. The Balaban J connectivity index is 0.000000478. The Morgan fingerprint density at radius 3 is 1.43 bits per heavy atom. The SMILES string of the molecule is CC.COCCCc1ccccn1.COCCCc1ccccn1.COCCCc1cccnc1. The highest BCUT2D eigenvalue weighted by atomic mass is 16.5. The first kappa shape index (κ1) is 32.3. The molecule has 194 valence electrons. The Morgan fingerprint density at radius 1 is 0.571 bits per heavy atom. The maximum absolute atomic E-state index is 4.94. The predicted molar refractivity (Wildman–Crippen MR) is 145 cm³/mol. The van der Waals surface area contributed by atoms with Gasteiger partial charge in [0.25, 0.3) is 0 Å². The molecule has 3 rings (SSSR count). The lowest BCUT2D eigenvalue weighted by atomic mass is 10.2. The number of hydrogen-bond acceptors (Lipinski definition) is 6. The van der Waals surface area contributed by atoms with Crippen LogP contribution in [-0.4, -0.2) is 56.1 Å². The molecule has 0 radical (unpaired) electrons. The number of methoxy groups -OCH3 is 3. The van der Waals surface area contributed by atoms with Crippen molar-refractivity contribution < 1.29 is 14.2 Å². The van der Waals surface area contributed by atoms with Crippen LogP contribution in [-0.2, 0) is 33.5 Å². The summed E-state index contributed by atoms with van der Waals surface area (Å²) < 4.78 is 14.8. The van der Waals surface area contributed by atoms with E-state index in [-0.39, 0.29) is 0 Å². The van der Waals surface area contributed by atoms with Gasteiger partial charge >= 0.3 is 0 Å². The number of aromatic nitrogens is 3. The van der Waals surface area contributed by atoms with Crippen LogP contribution in [0.4, 0.5) is 0 Å². The van der Waals surface area contributed by atoms with E-state index in [0.29, 0.717) is 0 Å². The van der Waals surface area contributed by atoms with E-state index in [1.807, 2.05) is 74.9 Å². The van der Waals surface area contributed by atoms with E-state index in [4.69, 9.17) is 14.2 Å². The second-order valence-electron chi connectivity index (χ2n) is 7.29. The van der Waals surface area contributed by atoms with Crippen molar-refractivity contribution in [3.63, 3.8) is 0 Å². The van der Waals surface area contributed by atoms with Gasteiger partial charge in [0.1, 0.15) is 0 Å². The van der Waals surface area contributed by atoms with Crippen LogP contribution in [0.1, 0.15) is 50.1 Å². The van der Waals surface area contributed by atoms with Crippen LogP contribution < -0.4 is 0 Å². The summed E-state index contributed by atoms with van der Waals surface area (Å²) in [7, 11) is 5.17. The Bertz CT molecular complexity index is 667. The maximum Gasteiger partial charge on any atom is 0.0466 e. The number of rotatable bonds is 12. The van der Waals surface area contributed by atoms with Gasteiger partial charge in [-0.05, 0) is 74.4 Å². The fraction of sp³-hybridized carbons (Fsp3) is 0.483. The van der Waals surface area contributed by atoms with Crippen molar-refractivity contribution in [2.24, 2.45) is 0 Å². The van der Waals surface area contributed by atoms with Gasteiger partial charge in [-0.3, -0.25) is 15.0 Å². The summed E-state index contributed by atoms with van der Waals surface area (Å²) >= 11 is 0. The van der Waals surface area contributed by atoms with Crippen molar-refractivity contribution in [3.05, 3.63) is 90.3 Å². The fourth-order valence-corrected chi connectivity index (χ4v) is 2.85. The van der Waals surface area contributed by atoms with Crippen LogP contribution in [0, 0.1) is 0 Å². The minimum atomic E-state index is 0.816. The molecule has 0 aliphatic heterocycles. The zero-order valence-corrected chi connectivity index (χ0v) is 22.4. The van der Waals surface area contributed by atoms with Gasteiger partial charge in [0, 0.05) is 77.3 Å². The Kier molecular flexibility index (Phi) is 24.0. The molecule has 3 aromatic heterocycles. The molecule has 0 aliphatic carbocycles. The third-order valence-electron chi connectivity index (χ3n) is 4.55. The van der Waals surface area contributed by atoms with E-state index in [9.17, 15) is 0 Å². The summed E-state index contributed by atoms with van der Waals surface area (Å²) in [5, 5.41) is 0. The summed E-state index contributed by atoms with van der Waals surface area (Å²) in [6, 6.07) is 16.0. The number of ether oxygens (including phenoxy) is 3. The molecule has 0 aliphatic rings. The molecule has 0 saturated carbocycles. The van der Waals surface area contributed by atoms with E-state index in [2.05, 4.69) is 21.0 Å². The smallest absolute Gasteiger partial charge is 0.0466 e. The summed E-state index contributed by atoms with van der Waals surface area (Å²) in [6.07, 6.45) is 13.6. The summed E-state index contributed by atoms with van der Waals surface area (Å²) in [5.74, 6) is 0. The molecule has 0 spiro atoms. The van der Waals surface area contributed by atoms with Gasteiger partial charge < -0.3 is 14.2 Å². The molecule has 0 atom stereocenters. The first-order valence-corrected chi connectivity index (χ1v) is 12.5. The third kappa shape index (κ3) is 20.4. The van der Waals surface area contributed by atoms with Crippen LogP contribution in [0.2, 0.25) is 0 Å². The molecule has 6 nitrogen and oxygen atoms in total. The lowest BCUT2D eigenvalue weighted by Gasteiger charge is -1.98. The quantitative estimate of drug-likeness (QED) is 0.294. The van der Waals surface area contributed by atoms with Gasteiger partial charge in [-0.2, -0.15) is 0 Å².